The molecule has 0 aliphatic heterocycles. The smallest absolute Gasteiger partial charge is 0.315 e. The summed E-state index contributed by atoms with van der Waals surface area (Å²) in [6.07, 6.45) is 1.62. The SMILES string of the molecule is C[C@H](CCS(C)(=O)=O)NC(=O)NC[C@@H](C)c1ccsc1. The summed E-state index contributed by atoms with van der Waals surface area (Å²) in [4.78, 5) is 11.7. The Hall–Kier alpha value is -1.08. The molecule has 0 aromatic carbocycles. The molecule has 0 bridgehead atoms. The maximum Gasteiger partial charge on any atom is 0.315 e. The lowest BCUT2D eigenvalue weighted by Crippen LogP contribution is -2.42. The van der Waals surface area contributed by atoms with E-state index in [1.54, 1.807) is 18.3 Å². The number of carbonyl (C=O) groups is 1. The second-order valence-electron chi connectivity index (χ2n) is 5.13. The van der Waals surface area contributed by atoms with E-state index in [0.717, 1.165) is 0 Å². The first kappa shape index (κ1) is 17.0. The molecule has 2 atom stereocenters. The van der Waals surface area contributed by atoms with Crippen LogP contribution in [0.4, 0.5) is 4.79 Å². The first-order valence-electron chi connectivity index (χ1n) is 6.52. The topological polar surface area (TPSA) is 75.3 Å². The van der Waals surface area contributed by atoms with Crippen LogP contribution in [0.15, 0.2) is 16.8 Å². The van der Waals surface area contributed by atoms with Gasteiger partial charge in [-0.15, -0.1) is 0 Å². The number of rotatable bonds is 7. The molecule has 2 N–H and O–H groups in total. The van der Waals surface area contributed by atoms with Crippen molar-refractivity contribution in [1.29, 1.82) is 0 Å². The van der Waals surface area contributed by atoms with Crippen molar-refractivity contribution in [2.24, 2.45) is 0 Å². The number of sulfone groups is 1. The quantitative estimate of drug-likeness (QED) is 0.807. The maximum absolute atomic E-state index is 11.7. The molecule has 1 aromatic heterocycles. The Kier molecular flexibility index (Phi) is 6.48. The van der Waals surface area contributed by atoms with Crippen LogP contribution in [-0.2, 0) is 9.84 Å². The predicted molar refractivity (Wildman–Crippen MR) is 83.1 cm³/mol. The highest BCUT2D eigenvalue weighted by Crippen LogP contribution is 2.16. The lowest BCUT2D eigenvalue weighted by Gasteiger charge is -2.16. The average molecular weight is 318 g/mol. The van der Waals surface area contributed by atoms with Crippen LogP contribution in [0.25, 0.3) is 0 Å². The Morgan fingerprint density at radius 1 is 1.40 bits per heavy atom. The van der Waals surface area contributed by atoms with Gasteiger partial charge >= 0.3 is 6.03 Å². The zero-order valence-electron chi connectivity index (χ0n) is 12.0. The summed E-state index contributed by atoms with van der Waals surface area (Å²) < 4.78 is 22.1. The van der Waals surface area contributed by atoms with E-state index in [2.05, 4.69) is 22.9 Å². The lowest BCUT2D eigenvalue weighted by atomic mass is 10.1. The summed E-state index contributed by atoms with van der Waals surface area (Å²) in [6, 6.07) is 1.62. The van der Waals surface area contributed by atoms with Crippen LogP contribution in [0.5, 0.6) is 0 Å². The van der Waals surface area contributed by atoms with Crippen molar-refractivity contribution in [1.82, 2.24) is 10.6 Å². The van der Waals surface area contributed by atoms with Crippen LogP contribution in [0.3, 0.4) is 0 Å². The molecule has 5 nitrogen and oxygen atoms in total. The van der Waals surface area contributed by atoms with E-state index in [-0.39, 0.29) is 23.7 Å². The lowest BCUT2D eigenvalue weighted by molar-refractivity contribution is 0.237. The Bertz CT molecular complexity index is 512. The van der Waals surface area contributed by atoms with Gasteiger partial charge in [0, 0.05) is 18.8 Å². The third-order valence-corrected chi connectivity index (χ3v) is 4.66. The molecule has 0 radical (unpaired) electrons. The number of carbonyl (C=O) groups excluding carboxylic acids is 1. The molecule has 0 aliphatic carbocycles. The van der Waals surface area contributed by atoms with Crippen molar-refractivity contribution < 1.29 is 13.2 Å². The van der Waals surface area contributed by atoms with E-state index in [4.69, 9.17) is 0 Å². The number of nitrogens with one attached hydrogen (secondary N) is 2. The number of urea groups is 1. The first-order chi connectivity index (χ1) is 9.28. The standard InChI is InChI=1S/C13H22N2O3S2/c1-10(12-4-6-19-9-12)8-14-13(16)15-11(2)5-7-20(3,17)18/h4,6,9-11H,5,7-8H2,1-3H3,(H2,14,15,16)/t10-,11-/m1/s1. The van der Waals surface area contributed by atoms with Gasteiger partial charge in [-0.1, -0.05) is 6.92 Å². The third-order valence-electron chi connectivity index (χ3n) is 2.98. The number of thiophene rings is 1. The second-order valence-corrected chi connectivity index (χ2v) is 8.17. The van der Waals surface area contributed by atoms with Crippen LogP contribution in [0.2, 0.25) is 0 Å². The Morgan fingerprint density at radius 2 is 2.10 bits per heavy atom. The van der Waals surface area contributed by atoms with Crippen molar-refractivity contribution in [3.05, 3.63) is 22.4 Å². The Labute approximate surface area is 124 Å². The fourth-order valence-electron chi connectivity index (χ4n) is 1.66. The minimum absolute atomic E-state index is 0.0831. The molecule has 0 unspecified atom stereocenters. The van der Waals surface area contributed by atoms with Gasteiger partial charge in [0.05, 0.1) is 5.75 Å². The van der Waals surface area contributed by atoms with E-state index >= 15 is 0 Å². The van der Waals surface area contributed by atoms with Crippen LogP contribution >= 0.6 is 11.3 Å². The van der Waals surface area contributed by atoms with Gasteiger partial charge in [-0.05, 0) is 41.7 Å². The minimum atomic E-state index is -2.98. The summed E-state index contributed by atoms with van der Waals surface area (Å²) in [5, 5.41) is 9.63. The minimum Gasteiger partial charge on any atom is -0.338 e. The van der Waals surface area contributed by atoms with Crippen LogP contribution in [0.1, 0.15) is 31.7 Å². The van der Waals surface area contributed by atoms with Crippen LogP contribution < -0.4 is 10.6 Å². The van der Waals surface area contributed by atoms with Crippen molar-refractivity contribution in [3.8, 4) is 0 Å². The van der Waals surface area contributed by atoms with Gasteiger partial charge in [-0.3, -0.25) is 0 Å². The highest BCUT2D eigenvalue weighted by Gasteiger charge is 2.12. The predicted octanol–water partition coefficient (Wildman–Crippen LogP) is 1.97. The van der Waals surface area contributed by atoms with Gasteiger partial charge in [0.1, 0.15) is 9.84 Å². The first-order valence-corrected chi connectivity index (χ1v) is 9.52. The molecule has 1 aromatic rings. The van der Waals surface area contributed by atoms with E-state index in [1.165, 1.54) is 11.8 Å². The van der Waals surface area contributed by atoms with Crippen molar-refractivity contribution in [2.45, 2.75) is 32.2 Å². The molecule has 0 aliphatic rings. The van der Waals surface area contributed by atoms with E-state index in [0.29, 0.717) is 13.0 Å². The summed E-state index contributed by atoms with van der Waals surface area (Å²) in [5.74, 6) is 0.345. The molecule has 1 heterocycles. The molecule has 0 fully saturated rings. The van der Waals surface area contributed by atoms with Crippen LogP contribution in [-0.4, -0.2) is 39.0 Å². The summed E-state index contributed by atoms with van der Waals surface area (Å²) in [7, 11) is -2.98. The third kappa shape index (κ3) is 6.91. The fraction of sp³-hybridized carbons (Fsp3) is 0.615. The molecule has 7 heteroatoms. The molecule has 1 rings (SSSR count). The summed E-state index contributed by atoms with van der Waals surface area (Å²) in [6.45, 7) is 4.41. The van der Waals surface area contributed by atoms with Gasteiger partial charge in [-0.2, -0.15) is 11.3 Å². The highest BCUT2D eigenvalue weighted by atomic mass is 32.2. The zero-order chi connectivity index (χ0) is 15.2. The Morgan fingerprint density at radius 3 is 2.65 bits per heavy atom. The molecule has 114 valence electrons. The van der Waals surface area contributed by atoms with Gasteiger partial charge < -0.3 is 10.6 Å². The summed E-state index contributed by atoms with van der Waals surface area (Å²) in [5.41, 5.74) is 1.21. The molecule has 2 amide bonds. The zero-order valence-corrected chi connectivity index (χ0v) is 13.7. The van der Waals surface area contributed by atoms with Gasteiger partial charge in [0.25, 0.3) is 0 Å². The number of hydrogen-bond donors (Lipinski definition) is 2. The van der Waals surface area contributed by atoms with Gasteiger partial charge in [0.2, 0.25) is 0 Å². The molecular weight excluding hydrogens is 296 g/mol. The normalized spacial score (nSPS) is 14.6. The fourth-order valence-corrected chi connectivity index (χ4v) is 3.22. The van der Waals surface area contributed by atoms with E-state index < -0.39 is 9.84 Å². The highest BCUT2D eigenvalue weighted by molar-refractivity contribution is 7.90. The molecule has 0 spiro atoms. The molecule has 0 saturated heterocycles. The van der Waals surface area contributed by atoms with E-state index in [1.807, 2.05) is 11.4 Å². The van der Waals surface area contributed by atoms with Gasteiger partial charge in [0.15, 0.2) is 0 Å². The van der Waals surface area contributed by atoms with Crippen molar-refractivity contribution in [2.75, 3.05) is 18.6 Å². The van der Waals surface area contributed by atoms with Gasteiger partial charge in [-0.25, -0.2) is 13.2 Å². The van der Waals surface area contributed by atoms with E-state index in [9.17, 15) is 13.2 Å². The second kappa shape index (κ2) is 7.64. The summed E-state index contributed by atoms with van der Waals surface area (Å²) >= 11 is 1.64. The Balaban J connectivity index is 2.26. The average Bonchev–Trinajstić information content (AvgIpc) is 2.86. The largest absolute Gasteiger partial charge is 0.338 e. The molecule has 20 heavy (non-hydrogen) atoms. The molecular formula is C13H22N2O3S2. The van der Waals surface area contributed by atoms with Crippen molar-refractivity contribution >= 4 is 27.2 Å². The maximum atomic E-state index is 11.7. The van der Waals surface area contributed by atoms with Crippen LogP contribution in [0, 0.1) is 0 Å². The molecule has 0 saturated carbocycles. The number of amides is 2. The van der Waals surface area contributed by atoms with Crippen molar-refractivity contribution in [3.63, 3.8) is 0 Å². The number of hydrogen-bond acceptors (Lipinski definition) is 4. The monoisotopic (exact) mass is 318 g/mol.